The molecule has 0 unspecified atom stereocenters. The zero-order valence-corrected chi connectivity index (χ0v) is 14.4. The van der Waals surface area contributed by atoms with Crippen molar-refractivity contribution in [3.8, 4) is 0 Å². The van der Waals surface area contributed by atoms with Crippen molar-refractivity contribution in [2.45, 2.75) is 13.5 Å². The highest BCUT2D eigenvalue weighted by molar-refractivity contribution is 6.29. The highest BCUT2D eigenvalue weighted by Gasteiger charge is 2.20. The highest BCUT2D eigenvalue weighted by Crippen LogP contribution is 2.24. The summed E-state index contributed by atoms with van der Waals surface area (Å²) in [6.07, 6.45) is 0. The lowest BCUT2D eigenvalue weighted by Crippen LogP contribution is -2.37. The number of rotatable bonds is 3. The van der Waals surface area contributed by atoms with Gasteiger partial charge in [-0.25, -0.2) is 4.79 Å². The Morgan fingerprint density at radius 1 is 1.24 bits per heavy atom. The number of aryl methyl sites for hydroxylation is 1. The van der Waals surface area contributed by atoms with Gasteiger partial charge in [-0.3, -0.25) is 24.0 Å². The molecule has 2 heterocycles. The molecule has 0 fully saturated rings. The van der Waals surface area contributed by atoms with Crippen molar-refractivity contribution >= 4 is 28.5 Å². The Hall–Kier alpha value is -2.94. The lowest BCUT2D eigenvalue weighted by atomic mass is 10.1. The summed E-state index contributed by atoms with van der Waals surface area (Å²) in [6.45, 7) is 1.75. The molecule has 0 aliphatic carbocycles. The fourth-order valence-corrected chi connectivity index (χ4v) is 3.00. The number of halogens is 1. The second-order valence-corrected chi connectivity index (χ2v) is 6.00. The summed E-state index contributed by atoms with van der Waals surface area (Å²) in [5.41, 5.74) is 0.393. The number of aromatic nitrogens is 4. The predicted octanol–water partition coefficient (Wildman–Crippen LogP) is 1.35. The van der Waals surface area contributed by atoms with Gasteiger partial charge in [-0.2, -0.15) is 4.98 Å². The first-order chi connectivity index (χ1) is 11.7. The molecule has 130 valence electrons. The van der Waals surface area contributed by atoms with Crippen LogP contribution in [-0.2, 0) is 20.6 Å². The minimum Gasteiger partial charge on any atom is -0.304 e. The van der Waals surface area contributed by atoms with Gasteiger partial charge in [-0.05, 0) is 24.1 Å². The van der Waals surface area contributed by atoms with Crippen molar-refractivity contribution < 1.29 is 4.92 Å². The van der Waals surface area contributed by atoms with E-state index >= 15 is 0 Å². The molecule has 0 aliphatic heterocycles. The topological polar surface area (TPSA) is 105 Å². The summed E-state index contributed by atoms with van der Waals surface area (Å²) < 4.78 is 3.65. The molecule has 0 saturated carbocycles. The van der Waals surface area contributed by atoms with Gasteiger partial charge in [0.2, 0.25) is 5.28 Å². The molecule has 0 spiro atoms. The fourth-order valence-electron chi connectivity index (χ4n) is 2.77. The van der Waals surface area contributed by atoms with Gasteiger partial charge in [-0.15, -0.1) is 0 Å². The summed E-state index contributed by atoms with van der Waals surface area (Å²) in [5, 5.41) is 11.1. The maximum Gasteiger partial charge on any atom is 0.332 e. The van der Waals surface area contributed by atoms with E-state index in [2.05, 4.69) is 4.98 Å². The summed E-state index contributed by atoms with van der Waals surface area (Å²) in [7, 11) is 2.87. The summed E-state index contributed by atoms with van der Waals surface area (Å²) in [4.78, 5) is 39.3. The van der Waals surface area contributed by atoms with E-state index in [1.165, 1.54) is 29.3 Å². The van der Waals surface area contributed by atoms with Crippen LogP contribution in [0.2, 0.25) is 5.28 Å². The fraction of sp³-hybridized carbons (Fsp3) is 0.267. The molecule has 0 N–H and O–H groups in total. The van der Waals surface area contributed by atoms with E-state index in [1.54, 1.807) is 19.1 Å². The van der Waals surface area contributed by atoms with E-state index in [0.29, 0.717) is 11.1 Å². The first-order valence-corrected chi connectivity index (χ1v) is 7.66. The van der Waals surface area contributed by atoms with Gasteiger partial charge >= 0.3 is 5.69 Å². The molecule has 0 amide bonds. The van der Waals surface area contributed by atoms with Gasteiger partial charge in [0.05, 0.1) is 11.5 Å². The van der Waals surface area contributed by atoms with E-state index in [1.807, 2.05) is 0 Å². The number of nitro groups is 1. The van der Waals surface area contributed by atoms with Crippen molar-refractivity contribution in [3.63, 3.8) is 0 Å². The second-order valence-electron chi connectivity index (χ2n) is 5.66. The van der Waals surface area contributed by atoms with E-state index in [9.17, 15) is 19.7 Å². The van der Waals surface area contributed by atoms with Crippen molar-refractivity contribution in [2.75, 3.05) is 0 Å². The monoisotopic (exact) mass is 363 g/mol. The zero-order valence-electron chi connectivity index (χ0n) is 13.7. The Morgan fingerprint density at radius 3 is 2.56 bits per heavy atom. The summed E-state index contributed by atoms with van der Waals surface area (Å²) >= 11 is 6.18. The molecular weight excluding hydrogens is 350 g/mol. The van der Waals surface area contributed by atoms with Crippen molar-refractivity contribution in [2.24, 2.45) is 14.1 Å². The van der Waals surface area contributed by atoms with Gasteiger partial charge in [0, 0.05) is 25.7 Å². The molecule has 0 atom stereocenters. The Morgan fingerprint density at radius 2 is 1.92 bits per heavy atom. The van der Waals surface area contributed by atoms with Crippen LogP contribution in [0.5, 0.6) is 0 Å². The average molecular weight is 364 g/mol. The maximum atomic E-state index is 12.5. The second kappa shape index (κ2) is 5.85. The molecule has 3 aromatic rings. The smallest absolute Gasteiger partial charge is 0.304 e. The number of imidazole rings is 1. The third-order valence-corrected chi connectivity index (χ3v) is 4.53. The zero-order chi connectivity index (χ0) is 18.5. The molecule has 0 aliphatic rings. The number of nitrogens with zero attached hydrogens (tertiary/aromatic N) is 5. The lowest BCUT2D eigenvalue weighted by molar-refractivity contribution is -0.385. The van der Waals surface area contributed by atoms with Gasteiger partial charge < -0.3 is 4.57 Å². The average Bonchev–Trinajstić information content (AvgIpc) is 2.89. The number of hydrogen-bond acceptors (Lipinski definition) is 5. The van der Waals surface area contributed by atoms with Crippen LogP contribution in [0.3, 0.4) is 0 Å². The minimum atomic E-state index is -0.527. The van der Waals surface area contributed by atoms with Gasteiger partial charge in [0.1, 0.15) is 0 Å². The first-order valence-electron chi connectivity index (χ1n) is 7.28. The van der Waals surface area contributed by atoms with Crippen LogP contribution < -0.4 is 11.2 Å². The Bertz CT molecular complexity index is 1140. The molecular formula is C15H14ClN5O4. The molecule has 0 bridgehead atoms. The molecule has 25 heavy (non-hydrogen) atoms. The van der Waals surface area contributed by atoms with Gasteiger partial charge in [0.15, 0.2) is 11.2 Å². The first kappa shape index (κ1) is 16.9. The van der Waals surface area contributed by atoms with Crippen LogP contribution in [0.15, 0.2) is 27.8 Å². The van der Waals surface area contributed by atoms with Crippen LogP contribution in [0.1, 0.15) is 11.1 Å². The molecule has 1 aromatic carbocycles. The largest absolute Gasteiger partial charge is 0.332 e. The summed E-state index contributed by atoms with van der Waals surface area (Å²) in [5.74, 6) is 0. The van der Waals surface area contributed by atoms with Crippen LogP contribution in [0.25, 0.3) is 11.2 Å². The van der Waals surface area contributed by atoms with Crippen LogP contribution in [-0.4, -0.2) is 23.6 Å². The van der Waals surface area contributed by atoms with Crippen LogP contribution in [0, 0.1) is 17.0 Å². The molecule has 0 saturated heterocycles. The molecule has 0 radical (unpaired) electrons. The van der Waals surface area contributed by atoms with E-state index < -0.39 is 16.2 Å². The highest BCUT2D eigenvalue weighted by atomic mass is 35.5. The Kier molecular flexibility index (Phi) is 3.96. The van der Waals surface area contributed by atoms with E-state index in [-0.39, 0.29) is 28.7 Å². The van der Waals surface area contributed by atoms with Crippen molar-refractivity contribution in [3.05, 3.63) is 65.6 Å². The van der Waals surface area contributed by atoms with Gasteiger partial charge in [-0.1, -0.05) is 12.1 Å². The van der Waals surface area contributed by atoms with Crippen molar-refractivity contribution in [1.29, 1.82) is 0 Å². The maximum absolute atomic E-state index is 12.5. The number of benzene rings is 1. The van der Waals surface area contributed by atoms with E-state index in [0.717, 1.165) is 4.57 Å². The molecule has 9 nitrogen and oxygen atoms in total. The minimum absolute atomic E-state index is 0.0154. The SMILES string of the molecule is Cc1c(Cn2c(Cl)nc3c2c(=O)n(C)c(=O)n3C)cccc1[N+](=O)[O-]. The quantitative estimate of drug-likeness (QED) is 0.397. The van der Waals surface area contributed by atoms with Crippen LogP contribution in [0.4, 0.5) is 5.69 Å². The number of fused-ring (bicyclic) bond motifs is 1. The molecule has 2 aromatic heterocycles. The van der Waals surface area contributed by atoms with Crippen LogP contribution >= 0.6 is 11.6 Å². The third kappa shape index (κ3) is 2.52. The molecule has 3 rings (SSSR count). The summed E-state index contributed by atoms with van der Waals surface area (Å²) in [6, 6.07) is 4.70. The lowest BCUT2D eigenvalue weighted by Gasteiger charge is -2.10. The number of hydrogen-bond donors (Lipinski definition) is 0. The predicted molar refractivity (Wildman–Crippen MR) is 92.2 cm³/mol. The Balaban J connectivity index is 2.27. The normalized spacial score (nSPS) is 11.2. The van der Waals surface area contributed by atoms with Crippen molar-refractivity contribution in [1.82, 2.24) is 18.7 Å². The number of nitro benzene ring substituents is 1. The standard InChI is InChI=1S/C15H14ClN5O4/c1-8-9(5-4-6-10(8)21(24)25)7-20-11-12(17-14(20)16)18(2)15(23)19(3)13(11)22/h4-6H,7H2,1-3H3. The van der Waals surface area contributed by atoms with E-state index in [4.69, 9.17) is 11.6 Å². The third-order valence-electron chi connectivity index (χ3n) is 4.24. The molecule has 10 heteroatoms. The van der Waals surface area contributed by atoms with Gasteiger partial charge in [0.25, 0.3) is 11.2 Å². The Labute approximate surface area is 145 Å².